The van der Waals surface area contributed by atoms with Crippen LogP contribution in [-0.4, -0.2) is 36.4 Å². The van der Waals surface area contributed by atoms with Crippen molar-refractivity contribution < 1.29 is 24.2 Å². The van der Waals surface area contributed by atoms with Gasteiger partial charge in [0.15, 0.2) is 6.10 Å². The van der Waals surface area contributed by atoms with Crippen molar-refractivity contribution in [2.75, 3.05) is 13.2 Å². The van der Waals surface area contributed by atoms with Gasteiger partial charge in [-0.05, 0) is 70.6 Å². The van der Waals surface area contributed by atoms with Crippen molar-refractivity contribution in [2.45, 2.75) is 180 Å². The van der Waals surface area contributed by atoms with E-state index < -0.39 is 6.10 Å². The summed E-state index contributed by atoms with van der Waals surface area (Å²) in [5.74, 6) is -0.635. The van der Waals surface area contributed by atoms with Crippen molar-refractivity contribution in [2.24, 2.45) is 0 Å². The highest BCUT2D eigenvalue weighted by Gasteiger charge is 2.16. The minimum absolute atomic E-state index is 0.0825. The summed E-state index contributed by atoms with van der Waals surface area (Å²) in [6, 6.07) is 0. The predicted molar refractivity (Wildman–Crippen MR) is 219 cm³/mol. The molecule has 0 aromatic heterocycles. The molecule has 0 aliphatic rings. The zero-order valence-corrected chi connectivity index (χ0v) is 32.8. The van der Waals surface area contributed by atoms with Gasteiger partial charge >= 0.3 is 11.9 Å². The molecule has 290 valence electrons. The molecule has 1 unspecified atom stereocenters. The summed E-state index contributed by atoms with van der Waals surface area (Å²) >= 11 is 0. The highest BCUT2D eigenvalue weighted by Crippen LogP contribution is 2.13. The number of rotatable bonds is 36. The van der Waals surface area contributed by atoms with Crippen molar-refractivity contribution in [3.05, 3.63) is 85.1 Å². The van der Waals surface area contributed by atoms with Crippen LogP contribution in [0.4, 0.5) is 0 Å². The van der Waals surface area contributed by atoms with Gasteiger partial charge < -0.3 is 14.6 Å². The fourth-order valence-electron chi connectivity index (χ4n) is 5.36. The Morgan fingerprint density at radius 2 is 0.843 bits per heavy atom. The molecule has 5 heteroatoms. The van der Waals surface area contributed by atoms with Gasteiger partial charge in [-0.25, -0.2) is 0 Å². The van der Waals surface area contributed by atoms with Crippen molar-refractivity contribution in [3.8, 4) is 0 Å². The molecule has 0 heterocycles. The van der Waals surface area contributed by atoms with Crippen molar-refractivity contribution in [1.82, 2.24) is 0 Å². The zero-order chi connectivity index (χ0) is 37.1. The van der Waals surface area contributed by atoms with Crippen molar-refractivity contribution in [1.29, 1.82) is 0 Å². The number of allylic oxidation sites excluding steroid dienone is 14. The second-order valence-electron chi connectivity index (χ2n) is 13.3. The molecule has 0 rings (SSSR count). The third-order valence-corrected chi connectivity index (χ3v) is 8.45. The zero-order valence-electron chi connectivity index (χ0n) is 32.8. The molecule has 0 radical (unpaired) electrons. The summed E-state index contributed by atoms with van der Waals surface area (Å²) < 4.78 is 10.6. The van der Waals surface area contributed by atoms with Gasteiger partial charge in [-0.15, -0.1) is 0 Å². The number of esters is 2. The Kier molecular flexibility index (Phi) is 39.1. The first kappa shape index (κ1) is 48.1. The van der Waals surface area contributed by atoms with Crippen LogP contribution in [0.3, 0.4) is 0 Å². The van der Waals surface area contributed by atoms with Crippen LogP contribution in [0.15, 0.2) is 85.1 Å². The van der Waals surface area contributed by atoms with E-state index in [0.717, 1.165) is 89.9 Å². The molecule has 1 N–H and O–H groups in total. The maximum absolute atomic E-state index is 12.2. The first-order valence-corrected chi connectivity index (χ1v) is 20.6. The number of ether oxygens (including phenoxy) is 2. The molecular weight excluding hydrogens is 633 g/mol. The standard InChI is InChI=1S/C46H76O5/c1-3-5-7-9-11-13-15-17-18-19-20-21-22-23-24-25-26-27-28-29-31-33-35-37-39-41-46(49)51-44(42-47)43-50-45(48)40-38-36-34-32-30-16-14-12-10-8-6-4-2/h5,7,11,13,17-18,20-21,23-24,26-27,29,31,44,47H,3-4,6,8-10,12,14-16,19,22,25,28,30,32-43H2,1-2H3/b7-5-,13-11-,18-17-,21-20-,24-23-,27-26-,31-29-. The van der Waals surface area contributed by atoms with E-state index in [0.29, 0.717) is 12.8 Å². The van der Waals surface area contributed by atoms with E-state index in [2.05, 4.69) is 98.9 Å². The van der Waals surface area contributed by atoms with Gasteiger partial charge in [0.1, 0.15) is 6.61 Å². The van der Waals surface area contributed by atoms with Crippen LogP contribution in [0, 0.1) is 0 Å². The molecule has 0 bridgehead atoms. The number of hydrogen-bond acceptors (Lipinski definition) is 5. The molecular formula is C46H76O5. The summed E-state index contributed by atoms with van der Waals surface area (Å²) in [5.41, 5.74) is 0. The average Bonchev–Trinajstić information content (AvgIpc) is 3.13. The van der Waals surface area contributed by atoms with E-state index >= 15 is 0 Å². The predicted octanol–water partition coefficient (Wildman–Crippen LogP) is 13.1. The molecule has 0 aliphatic carbocycles. The monoisotopic (exact) mass is 709 g/mol. The van der Waals surface area contributed by atoms with Crippen LogP contribution in [0.5, 0.6) is 0 Å². The van der Waals surface area contributed by atoms with Gasteiger partial charge in [0, 0.05) is 12.8 Å². The Morgan fingerprint density at radius 3 is 1.27 bits per heavy atom. The molecule has 0 saturated heterocycles. The van der Waals surface area contributed by atoms with Crippen LogP contribution in [0.25, 0.3) is 0 Å². The van der Waals surface area contributed by atoms with Crippen LogP contribution >= 0.6 is 0 Å². The number of aliphatic hydroxyl groups is 1. The second-order valence-corrected chi connectivity index (χ2v) is 13.3. The fourth-order valence-corrected chi connectivity index (χ4v) is 5.36. The van der Waals surface area contributed by atoms with Crippen LogP contribution in [0.1, 0.15) is 174 Å². The smallest absolute Gasteiger partial charge is 0.306 e. The quantitative estimate of drug-likeness (QED) is 0.0398. The molecule has 0 aliphatic heterocycles. The van der Waals surface area contributed by atoms with Gasteiger partial charge in [-0.1, -0.05) is 176 Å². The van der Waals surface area contributed by atoms with E-state index in [1.807, 2.05) is 0 Å². The van der Waals surface area contributed by atoms with E-state index in [-0.39, 0.29) is 25.2 Å². The lowest BCUT2D eigenvalue weighted by molar-refractivity contribution is -0.161. The number of carbonyl (C=O) groups is 2. The Labute approximate surface area is 314 Å². The number of unbranched alkanes of at least 4 members (excludes halogenated alkanes) is 14. The highest BCUT2D eigenvalue weighted by molar-refractivity contribution is 5.70. The number of carbonyl (C=O) groups excluding carboxylic acids is 2. The third kappa shape index (κ3) is 39.7. The Morgan fingerprint density at radius 1 is 0.471 bits per heavy atom. The molecule has 0 amide bonds. The number of hydrogen-bond donors (Lipinski definition) is 1. The molecule has 0 spiro atoms. The van der Waals surface area contributed by atoms with Crippen LogP contribution < -0.4 is 0 Å². The normalized spacial score (nSPS) is 13.1. The third-order valence-electron chi connectivity index (χ3n) is 8.45. The Balaban J connectivity index is 3.68. The molecule has 0 saturated carbocycles. The van der Waals surface area contributed by atoms with Crippen molar-refractivity contribution >= 4 is 11.9 Å². The lowest BCUT2D eigenvalue weighted by atomic mass is 10.0. The van der Waals surface area contributed by atoms with Crippen LogP contribution in [0.2, 0.25) is 0 Å². The van der Waals surface area contributed by atoms with Gasteiger partial charge in [0.05, 0.1) is 6.61 Å². The van der Waals surface area contributed by atoms with Gasteiger partial charge in [0.25, 0.3) is 0 Å². The molecule has 1 atom stereocenters. The SMILES string of the molecule is CC/C=C\C/C=C\C/C=C\C/C=C\C/C=C\C/C=C\C/C=C\CCCCCC(=O)OC(CO)COC(=O)CCCCCCCCCCCCCC. The lowest BCUT2D eigenvalue weighted by Gasteiger charge is -2.15. The van der Waals surface area contributed by atoms with Crippen LogP contribution in [-0.2, 0) is 19.1 Å². The van der Waals surface area contributed by atoms with Gasteiger partial charge in [-0.2, -0.15) is 0 Å². The first-order chi connectivity index (χ1) is 25.1. The first-order valence-electron chi connectivity index (χ1n) is 20.6. The molecule has 5 nitrogen and oxygen atoms in total. The minimum atomic E-state index is -0.791. The Hall–Kier alpha value is -2.92. The minimum Gasteiger partial charge on any atom is -0.462 e. The summed E-state index contributed by atoms with van der Waals surface area (Å²) in [6.45, 7) is 3.98. The molecule has 51 heavy (non-hydrogen) atoms. The fraction of sp³-hybridized carbons (Fsp3) is 0.652. The second kappa shape index (κ2) is 41.5. The van der Waals surface area contributed by atoms with Crippen molar-refractivity contribution in [3.63, 3.8) is 0 Å². The molecule has 0 aromatic rings. The largest absolute Gasteiger partial charge is 0.462 e. The van der Waals surface area contributed by atoms with Gasteiger partial charge in [0.2, 0.25) is 0 Å². The summed E-state index contributed by atoms with van der Waals surface area (Å²) in [4.78, 5) is 24.2. The van der Waals surface area contributed by atoms with E-state index in [4.69, 9.17) is 9.47 Å². The molecule has 0 aromatic carbocycles. The summed E-state index contributed by atoms with van der Waals surface area (Å²) in [5, 5.41) is 9.55. The lowest BCUT2D eigenvalue weighted by Crippen LogP contribution is -2.28. The molecule has 0 fully saturated rings. The average molecular weight is 709 g/mol. The topological polar surface area (TPSA) is 72.8 Å². The van der Waals surface area contributed by atoms with E-state index in [1.54, 1.807) is 0 Å². The highest BCUT2D eigenvalue weighted by atomic mass is 16.6. The van der Waals surface area contributed by atoms with E-state index in [1.165, 1.54) is 57.8 Å². The van der Waals surface area contributed by atoms with Gasteiger partial charge in [-0.3, -0.25) is 9.59 Å². The Bertz CT molecular complexity index is 984. The maximum Gasteiger partial charge on any atom is 0.306 e. The maximum atomic E-state index is 12.2. The number of aliphatic hydroxyl groups excluding tert-OH is 1. The summed E-state index contributed by atoms with van der Waals surface area (Å²) in [7, 11) is 0. The van der Waals surface area contributed by atoms with E-state index in [9.17, 15) is 14.7 Å². The summed E-state index contributed by atoms with van der Waals surface area (Å²) in [6.07, 6.45) is 56.5.